The van der Waals surface area contributed by atoms with E-state index in [9.17, 15) is 0 Å². The van der Waals surface area contributed by atoms with Gasteiger partial charge in [-0.2, -0.15) is 0 Å². The summed E-state index contributed by atoms with van der Waals surface area (Å²) in [5.41, 5.74) is 1.43. The Kier molecular flexibility index (Phi) is 1.83. The maximum absolute atomic E-state index is 5.36. The minimum absolute atomic E-state index is 0.495. The molecule has 0 saturated carbocycles. The molecule has 0 amide bonds. The molecule has 0 aliphatic rings. The van der Waals surface area contributed by atoms with Crippen LogP contribution in [0.1, 0.15) is 12.6 Å². The van der Waals surface area contributed by atoms with E-state index in [1.54, 1.807) is 12.4 Å². The minimum atomic E-state index is 0.495. The standard InChI is InChI=1S/C6H7BN2/c1-2-5-3-8-4-6(7)9-5/h3-4H,2H2,1H3. The second-order valence-electron chi connectivity index (χ2n) is 1.79. The van der Waals surface area contributed by atoms with Crippen LogP contribution in [0.2, 0.25) is 0 Å². The van der Waals surface area contributed by atoms with Crippen LogP contribution >= 0.6 is 0 Å². The largest absolute Gasteiger partial charge is 0.266 e. The van der Waals surface area contributed by atoms with Crippen LogP contribution in [-0.2, 0) is 6.42 Å². The number of rotatable bonds is 1. The minimum Gasteiger partial charge on any atom is -0.266 e. The first-order valence-electron chi connectivity index (χ1n) is 2.89. The molecule has 2 radical (unpaired) electrons. The molecule has 0 fully saturated rings. The van der Waals surface area contributed by atoms with Gasteiger partial charge in [-0.25, -0.2) is 0 Å². The van der Waals surface area contributed by atoms with Gasteiger partial charge in [0.2, 0.25) is 0 Å². The van der Waals surface area contributed by atoms with Gasteiger partial charge in [0.1, 0.15) is 7.85 Å². The molecule has 0 unspecified atom stereocenters. The number of hydrogen-bond donors (Lipinski definition) is 0. The Morgan fingerprint density at radius 1 is 1.56 bits per heavy atom. The lowest BCUT2D eigenvalue weighted by molar-refractivity contribution is 1.02. The van der Waals surface area contributed by atoms with Crippen LogP contribution in [0.25, 0.3) is 0 Å². The van der Waals surface area contributed by atoms with Crippen molar-refractivity contribution in [2.45, 2.75) is 13.3 Å². The molecule has 44 valence electrons. The average molecular weight is 118 g/mol. The van der Waals surface area contributed by atoms with Crippen molar-refractivity contribution in [1.82, 2.24) is 9.97 Å². The Bertz CT molecular complexity index is 200. The van der Waals surface area contributed by atoms with Crippen LogP contribution in [-0.4, -0.2) is 17.8 Å². The van der Waals surface area contributed by atoms with E-state index in [-0.39, 0.29) is 0 Å². The molecule has 1 rings (SSSR count). The molecule has 0 aliphatic heterocycles. The highest BCUT2D eigenvalue weighted by molar-refractivity contribution is 6.30. The molecule has 0 spiro atoms. The van der Waals surface area contributed by atoms with Gasteiger partial charge in [-0.15, -0.1) is 0 Å². The Morgan fingerprint density at radius 2 is 2.33 bits per heavy atom. The van der Waals surface area contributed by atoms with Gasteiger partial charge in [0.25, 0.3) is 0 Å². The Balaban J connectivity index is 2.94. The van der Waals surface area contributed by atoms with Gasteiger partial charge < -0.3 is 0 Å². The van der Waals surface area contributed by atoms with Gasteiger partial charge in [0.05, 0.1) is 5.69 Å². The molecule has 0 aliphatic carbocycles. The van der Waals surface area contributed by atoms with E-state index in [2.05, 4.69) is 9.97 Å². The zero-order chi connectivity index (χ0) is 6.69. The van der Waals surface area contributed by atoms with E-state index >= 15 is 0 Å². The van der Waals surface area contributed by atoms with Gasteiger partial charge in [-0.3, -0.25) is 9.97 Å². The van der Waals surface area contributed by atoms with Crippen molar-refractivity contribution in [3.63, 3.8) is 0 Å². The van der Waals surface area contributed by atoms with E-state index in [0.29, 0.717) is 5.59 Å². The molecule has 1 aromatic heterocycles. The SMILES string of the molecule is [B]c1cncc(CC)n1. The molecule has 1 heterocycles. The van der Waals surface area contributed by atoms with Gasteiger partial charge >= 0.3 is 0 Å². The second kappa shape index (κ2) is 2.62. The predicted octanol–water partition coefficient (Wildman–Crippen LogP) is -0.167. The summed E-state index contributed by atoms with van der Waals surface area (Å²) in [6.45, 7) is 2.02. The molecule has 0 bridgehead atoms. The first-order valence-corrected chi connectivity index (χ1v) is 2.89. The van der Waals surface area contributed by atoms with E-state index in [1.807, 2.05) is 6.92 Å². The Hall–Kier alpha value is -0.855. The summed E-state index contributed by atoms with van der Waals surface area (Å²) in [6, 6.07) is 0. The van der Waals surface area contributed by atoms with Crippen LogP contribution in [0.5, 0.6) is 0 Å². The zero-order valence-electron chi connectivity index (χ0n) is 5.33. The van der Waals surface area contributed by atoms with Crippen molar-refractivity contribution in [2.75, 3.05) is 0 Å². The lowest BCUT2D eigenvalue weighted by Crippen LogP contribution is -2.10. The number of hydrogen-bond acceptors (Lipinski definition) is 2. The first-order chi connectivity index (χ1) is 4.33. The quantitative estimate of drug-likeness (QED) is 0.478. The van der Waals surface area contributed by atoms with Gasteiger partial charge in [0, 0.05) is 18.0 Å². The lowest BCUT2D eigenvalue weighted by Gasteiger charge is -1.94. The molecule has 0 saturated heterocycles. The smallest absolute Gasteiger partial charge is 0.143 e. The summed E-state index contributed by atoms with van der Waals surface area (Å²) in [5.74, 6) is 0. The number of aryl methyl sites for hydroxylation is 1. The normalized spacial score (nSPS) is 9.44. The van der Waals surface area contributed by atoms with Crippen molar-refractivity contribution in [2.24, 2.45) is 0 Å². The lowest BCUT2D eigenvalue weighted by atomic mass is 10.1. The molecule has 3 heteroatoms. The predicted molar refractivity (Wildman–Crippen MR) is 36.8 cm³/mol. The van der Waals surface area contributed by atoms with E-state index in [4.69, 9.17) is 7.85 Å². The van der Waals surface area contributed by atoms with Gasteiger partial charge in [-0.1, -0.05) is 6.92 Å². The summed E-state index contributed by atoms with van der Waals surface area (Å²) in [4.78, 5) is 7.87. The fraction of sp³-hybridized carbons (Fsp3) is 0.333. The van der Waals surface area contributed by atoms with Crippen molar-refractivity contribution in [1.29, 1.82) is 0 Å². The Morgan fingerprint density at radius 3 is 2.78 bits per heavy atom. The maximum Gasteiger partial charge on any atom is 0.143 e. The zero-order valence-corrected chi connectivity index (χ0v) is 5.33. The third-order valence-corrected chi connectivity index (χ3v) is 1.07. The van der Waals surface area contributed by atoms with Crippen LogP contribution in [0.15, 0.2) is 12.4 Å². The average Bonchev–Trinajstić information content (AvgIpc) is 1.88. The summed E-state index contributed by atoms with van der Waals surface area (Å²) >= 11 is 0. The molecule has 0 aromatic carbocycles. The fourth-order valence-corrected chi connectivity index (χ4v) is 0.594. The summed E-state index contributed by atoms with van der Waals surface area (Å²) in [5, 5.41) is 0. The van der Waals surface area contributed by atoms with E-state index in [0.717, 1.165) is 12.1 Å². The molecule has 1 aromatic rings. The highest BCUT2D eigenvalue weighted by Gasteiger charge is 1.88. The van der Waals surface area contributed by atoms with Crippen molar-refractivity contribution in [3.05, 3.63) is 18.1 Å². The molecule has 2 nitrogen and oxygen atoms in total. The molecule has 9 heavy (non-hydrogen) atoms. The first kappa shape index (κ1) is 6.27. The molecule has 0 N–H and O–H groups in total. The second-order valence-corrected chi connectivity index (χ2v) is 1.79. The fourth-order valence-electron chi connectivity index (χ4n) is 0.594. The topological polar surface area (TPSA) is 25.8 Å². The highest BCUT2D eigenvalue weighted by Crippen LogP contribution is 1.86. The summed E-state index contributed by atoms with van der Waals surface area (Å²) in [6.07, 6.45) is 4.15. The van der Waals surface area contributed by atoms with Crippen LogP contribution in [0, 0.1) is 0 Å². The van der Waals surface area contributed by atoms with Crippen LogP contribution < -0.4 is 5.59 Å². The monoisotopic (exact) mass is 118 g/mol. The summed E-state index contributed by atoms with van der Waals surface area (Å²) in [7, 11) is 5.36. The van der Waals surface area contributed by atoms with Crippen LogP contribution in [0.3, 0.4) is 0 Å². The Labute approximate surface area is 55.8 Å². The van der Waals surface area contributed by atoms with Crippen molar-refractivity contribution < 1.29 is 0 Å². The summed E-state index contributed by atoms with van der Waals surface area (Å²) < 4.78 is 0. The van der Waals surface area contributed by atoms with Crippen molar-refractivity contribution in [3.8, 4) is 0 Å². The molecular formula is C6H7BN2. The third-order valence-electron chi connectivity index (χ3n) is 1.07. The van der Waals surface area contributed by atoms with Gasteiger partial charge in [0.15, 0.2) is 0 Å². The van der Waals surface area contributed by atoms with E-state index < -0.39 is 0 Å². The van der Waals surface area contributed by atoms with Crippen molar-refractivity contribution >= 4 is 13.4 Å². The highest BCUT2D eigenvalue weighted by atomic mass is 14.8. The number of nitrogens with zero attached hydrogens (tertiary/aromatic N) is 2. The van der Waals surface area contributed by atoms with Crippen LogP contribution in [0.4, 0.5) is 0 Å². The third kappa shape index (κ3) is 1.52. The molecule has 0 atom stereocenters. The van der Waals surface area contributed by atoms with E-state index in [1.165, 1.54) is 0 Å². The number of aromatic nitrogens is 2. The maximum atomic E-state index is 5.36. The molecular weight excluding hydrogens is 111 g/mol. The van der Waals surface area contributed by atoms with Gasteiger partial charge in [-0.05, 0) is 6.42 Å².